The average molecular weight is 580 g/mol. The van der Waals surface area contributed by atoms with E-state index in [2.05, 4.69) is 48.6 Å². The van der Waals surface area contributed by atoms with Crippen molar-refractivity contribution < 1.29 is 13.5 Å². The average Bonchev–Trinajstić information content (AvgIpc) is 3.04. The number of aryl methyl sites for hydroxylation is 1. The number of rotatable bonds is 7. The predicted molar refractivity (Wildman–Crippen MR) is 136 cm³/mol. The zero-order valence-corrected chi connectivity index (χ0v) is 21.8. The topological polar surface area (TPSA) is 62.5 Å². The molecule has 1 atom stereocenters. The van der Waals surface area contributed by atoms with Crippen LogP contribution in [0.25, 0.3) is 21.8 Å². The zero-order chi connectivity index (χ0) is 23.0. The van der Waals surface area contributed by atoms with Crippen molar-refractivity contribution >= 4 is 63.7 Å². The van der Waals surface area contributed by atoms with Crippen molar-refractivity contribution in [3.8, 4) is 0 Å². The fourth-order valence-electron chi connectivity index (χ4n) is 4.01. The van der Waals surface area contributed by atoms with E-state index in [0.717, 1.165) is 36.3 Å². The van der Waals surface area contributed by atoms with Crippen LogP contribution in [0.2, 0.25) is 0 Å². The van der Waals surface area contributed by atoms with Gasteiger partial charge in [-0.05, 0) is 55.5 Å². The molecule has 8 heteroatoms. The number of fused-ring (bicyclic) bond motifs is 3. The maximum absolute atomic E-state index is 13.1. The highest BCUT2D eigenvalue weighted by molar-refractivity contribution is 9.10. The van der Waals surface area contributed by atoms with Gasteiger partial charge in [-0.2, -0.15) is 4.31 Å². The van der Waals surface area contributed by atoms with Gasteiger partial charge in [-0.15, -0.1) is 0 Å². The molecule has 32 heavy (non-hydrogen) atoms. The SMILES string of the molecule is CCN(CC(O)Cn1c2ccc(Br)cc2c2cc(Br)ccc21)S(=O)(=O)c1ccc(C)cc1. The van der Waals surface area contributed by atoms with Crippen molar-refractivity contribution in [2.24, 2.45) is 0 Å². The predicted octanol–water partition coefficient (Wildman–Crippen LogP) is 5.70. The van der Waals surface area contributed by atoms with Crippen molar-refractivity contribution in [3.05, 3.63) is 75.2 Å². The summed E-state index contributed by atoms with van der Waals surface area (Å²) in [7, 11) is -3.69. The van der Waals surface area contributed by atoms with Crippen LogP contribution >= 0.6 is 31.9 Å². The number of benzene rings is 3. The van der Waals surface area contributed by atoms with Crippen molar-refractivity contribution in [2.75, 3.05) is 13.1 Å². The second-order valence-electron chi connectivity index (χ2n) is 7.86. The van der Waals surface area contributed by atoms with Gasteiger partial charge in [0.1, 0.15) is 0 Å². The molecular weight excluding hydrogens is 556 g/mol. The molecule has 1 N–H and O–H groups in total. The number of aromatic nitrogens is 1. The van der Waals surface area contributed by atoms with E-state index in [9.17, 15) is 13.5 Å². The molecule has 5 nitrogen and oxygen atoms in total. The van der Waals surface area contributed by atoms with Gasteiger partial charge in [0.25, 0.3) is 0 Å². The van der Waals surface area contributed by atoms with Crippen LogP contribution in [0.4, 0.5) is 0 Å². The largest absolute Gasteiger partial charge is 0.390 e. The van der Waals surface area contributed by atoms with E-state index in [1.54, 1.807) is 31.2 Å². The van der Waals surface area contributed by atoms with Crippen LogP contribution in [-0.4, -0.2) is 41.6 Å². The van der Waals surface area contributed by atoms with Gasteiger partial charge in [-0.1, -0.05) is 56.5 Å². The molecule has 4 aromatic rings. The number of hydrogen-bond acceptors (Lipinski definition) is 3. The lowest BCUT2D eigenvalue weighted by molar-refractivity contribution is 0.131. The van der Waals surface area contributed by atoms with E-state index in [1.807, 2.05) is 31.2 Å². The minimum atomic E-state index is -3.69. The van der Waals surface area contributed by atoms with Gasteiger partial charge >= 0.3 is 0 Å². The molecule has 0 bridgehead atoms. The van der Waals surface area contributed by atoms with Gasteiger partial charge in [0.05, 0.1) is 17.5 Å². The van der Waals surface area contributed by atoms with E-state index in [4.69, 9.17) is 0 Å². The highest BCUT2D eigenvalue weighted by Crippen LogP contribution is 2.33. The van der Waals surface area contributed by atoms with Crippen LogP contribution in [0.1, 0.15) is 12.5 Å². The Morgan fingerprint density at radius 1 is 0.938 bits per heavy atom. The van der Waals surface area contributed by atoms with E-state index >= 15 is 0 Å². The Bertz CT molecular complexity index is 1320. The van der Waals surface area contributed by atoms with Gasteiger partial charge in [0.15, 0.2) is 0 Å². The number of aliphatic hydroxyl groups excluding tert-OH is 1. The van der Waals surface area contributed by atoms with Crippen molar-refractivity contribution in [1.82, 2.24) is 8.87 Å². The number of nitrogens with zero attached hydrogens (tertiary/aromatic N) is 2. The van der Waals surface area contributed by atoms with Crippen molar-refractivity contribution in [3.63, 3.8) is 0 Å². The third-order valence-corrected chi connectivity index (χ3v) is 8.55. The Hall–Kier alpha value is -1.71. The van der Waals surface area contributed by atoms with Crippen LogP contribution < -0.4 is 0 Å². The first-order valence-electron chi connectivity index (χ1n) is 10.3. The molecule has 0 aliphatic heterocycles. The first-order chi connectivity index (χ1) is 15.2. The first kappa shape index (κ1) is 23.4. The molecule has 1 aromatic heterocycles. The molecule has 0 aliphatic carbocycles. The maximum atomic E-state index is 13.1. The molecule has 0 radical (unpaired) electrons. The molecular formula is C24H24Br2N2O3S. The smallest absolute Gasteiger partial charge is 0.243 e. The summed E-state index contributed by atoms with van der Waals surface area (Å²) in [5.41, 5.74) is 2.98. The lowest BCUT2D eigenvalue weighted by Crippen LogP contribution is -2.38. The molecule has 168 valence electrons. The Morgan fingerprint density at radius 3 is 1.97 bits per heavy atom. The minimum Gasteiger partial charge on any atom is -0.390 e. The first-order valence-corrected chi connectivity index (χ1v) is 13.3. The second-order valence-corrected chi connectivity index (χ2v) is 11.6. The Kier molecular flexibility index (Phi) is 6.79. The van der Waals surface area contributed by atoms with E-state index in [0.29, 0.717) is 0 Å². The van der Waals surface area contributed by atoms with Crippen LogP contribution in [0.3, 0.4) is 0 Å². The summed E-state index contributed by atoms with van der Waals surface area (Å²) in [6.07, 6.45) is -0.874. The van der Waals surface area contributed by atoms with Crippen LogP contribution in [0.15, 0.2) is 74.5 Å². The Labute approximate surface area is 205 Å². The molecule has 0 spiro atoms. The van der Waals surface area contributed by atoms with Gasteiger partial charge in [-0.25, -0.2) is 8.42 Å². The van der Waals surface area contributed by atoms with E-state index < -0.39 is 16.1 Å². The van der Waals surface area contributed by atoms with E-state index in [1.165, 1.54) is 4.31 Å². The molecule has 3 aromatic carbocycles. The molecule has 4 rings (SSSR count). The molecule has 1 unspecified atom stereocenters. The van der Waals surface area contributed by atoms with Crippen LogP contribution in [-0.2, 0) is 16.6 Å². The number of likely N-dealkylation sites (N-methyl/N-ethyl adjacent to an activating group) is 1. The summed E-state index contributed by atoms with van der Waals surface area (Å²) in [6, 6.07) is 18.9. The van der Waals surface area contributed by atoms with Gasteiger partial charge in [0.2, 0.25) is 10.0 Å². The molecule has 0 saturated carbocycles. The fourth-order valence-corrected chi connectivity index (χ4v) is 6.21. The molecule has 0 aliphatic rings. The highest BCUT2D eigenvalue weighted by atomic mass is 79.9. The normalized spacial score (nSPS) is 13.3. The fraction of sp³-hybridized carbons (Fsp3) is 0.250. The Balaban J connectivity index is 1.66. The minimum absolute atomic E-state index is 0.0148. The monoisotopic (exact) mass is 578 g/mol. The summed E-state index contributed by atoms with van der Waals surface area (Å²) in [5.74, 6) is 0. The van der Waals surface area contributed by atoms with Crippen molar-refractivity contribution in [2.45, 2.75) is 31.4 Å². The number of halogens is 2. The van der Waals surface area contributed by atoms with Crippen molar-refractivity contribution in [1.29, 1.82) is 0 Å². The summed E-state index contributed by atoms with van der Waals surface area (Å²) >= 11 is 7.09. The van der Waals surface area contributed by atoms with Crippen LogP contribution in [0.5, 0.6) is 0 Å². The summed E-state index contributed by atoms with van der Waals surface area (Å²) < 4.78 is 31.6. The second kappa shape index (κ2) is 9.27. The molecule has 0 fully saturated rings. The summed E-state index contributed by atoms with van der Waals surface area (Å²) in [4.78, 5) is 0.240. The maximum Gasteiger partial charge on any atom is 0.243 e. The van der Waals surface area contributed by atoms with E-state index in [-0.39, 0.29) is 24.5 Å². The Morgan fingerprint density at radius 2 is 1.47 bits per heavy atom. The van der Waals surface area contributed by atoms with Gasteiger partial charge < -0.3 is 9.67 Å². The number of hydrogen-bond donors (Lipinski definition) is 1. The molecule has 0 saturated heterocycles. The lowest BCUT2D eigenvalue weighted by atomic mass is 10.2. The summed E-state index contributed by atoms with van der Waals surface area (Å²) in [5, 5.41) is 13.1. The number of sulfonamides is 1. The lowest BCUT2D eigenvalue weighted by Gasteiger charge is -2.24. The van der Waals surface area contributed by atoms with Gasteiger partial charge in [0, 0.05) is 43.8 Å². The third-order valence-electron chi connectivity index (χ3n) is 5.61. The number of aliphatic hydroxyl groups is 1. The van der Waals surface area contributed by atoms with Crippen LogP contribution in [0, 0.1) is 6.92 Å². The molecule has 1 heterocycles. The standard InChI is InChI=1S/C24H24Br2N2O3S/c1-3-27(32(30,31)20-8-4-16(2)5-9-20)14-19(29)15-28-23-10-6-17(25)12-21(23)22-13-18(26)7-11-24(22)28/h4-13,19,29H,3,14-15H2,1-2H3. The quantitative estimate of drug-likeness (QED) is 0.305. The third kappa shape index (κ3) is 4.52. The summed E-state index contributed by atoms with van der Waals surface area (Å²) in [6.45, 7) is 4.28. The highest BCUT2D eigenvalue weighted by Gasteiger charge is 2.26. The van der Waals surface area contributed by atoms with Gasteiger partial charge in [-0.3, -0.25) is 0 Å². The molecule has 0 amide bonds. The zero-order valence-electron chi connectivity index (χ0n) is 17.8.